The molecule has 1 aromatic carbocycles. The Labute approximate surface area is 167 Å². The molecule has 1 aliphatic carbocycles. The molecule has 3 heterocycles. The molecule has 0 N–H and O–H groups in total. The molecule has 148 valence electrons. The fourth-order valence-electron chi connectivity index (χ4n) is 4.27. The lowest BCUT2D eigenvalue weighted by Gasteiger charge is -2.40. The number of benzene rings is 1. The highest BCUT2D eigenvalue weighted by molar-refractivity contribution is 5.76. The molecule has 0 bridgehead atoms. The van der Waals surface area contributed by atoms with E-state index in [4.69, 9.17) is 4.98 Å². The van der Waals surface area contributed by atoms with E-state index in [1.54, 1.807) is 17.7 Å². The SMILES string of the molecule is Cc1nc(-n2nc(C)nc2C)cc(C2(F)CC(c3nc4ccccc4n3C)C2)n1. The molecule has 1 aliphatic rings. The Kier molecular flexibility index (Phi) is 3.81. The Morgan fingerprint density at radius 3 is 2.45 bits per heavy atom. The zero-order chi connectivity index (χ0) is 20.3. The van der Waals surface area contributed by atoms with Crippen LogP contribution in [0.4, 0.5) is 4.39 Å². The summed E-state index contributed by atoms with van der Waals surface area (Å²) >= 11 is 0. The third-order valence-corrected chi connectivity index (χ3v) is 5.70. The van der Waals surface area contributed by atoms with Gasteiger partial charge in [0, 0.05) is 19.0 Å². The Bertz CT molecular complexity index is 1230. The van der Waals surface area contributed by atoms with Gasteiger partial charge in [0.15, 0.2) is 11.5 Å². The van der Waals surface area contributed by atoms with Gasteiger partial charge in [-0.25, -0.2) is 24.3 Å². The van der Waals surface area contributed by atoms with Crippen LogP contribution < -0.4 is 0 Å². The van der Waals surface area contributed by atoms with Gasteiger partial charge >= 0.3 is 0 Å². The molecule has 0 spiro atoms. The van der Waals surface area contributed by atoms with Crippen LogP contribution in [-0.2, 0) is 12.7 Å². The van der Waals surface area contributed by atoms with Gasteiger partial charge in [-0.3, -0.25) is 0 Å². The first-order valence-electron chi connectivity index (χ1n) is 9.71. The molecule has 0 unspecified atom stereocenters. The minimum absolute atomic E-state index is 0.0615. The van der Waals surface area contributed by atoms with E-state index in [-0.39, 0.29) is 5.92 Å². The molecule has 1 fully saturated rings. The number of nitrogens with zero attached hydrogens (tertiary/aromatic N) is 7. The van der Waals surface area contributed by atoms with Gasteiger partial charge in [-0.1, -0.05) is 12.1 Å². The first-order chi connectivity index (χ1) is 13.8. The van der Waals surface area contributed by atoms with E-state index in [0.717, 1.165) is 16.9 Å². The molecule has 3 aromatic heterocycles. The molecule has 0 atom stereocenters. The number of para-hydroxylation sites is 2. The van der Waals surface area contributed by atoms with Crippen LogP contribution in [0.2, 0.25) is 0 Å². The van der Waals surface area contributed by atoms with Gasteiger partial charge in [-0.15, -0.1) is 5.10 Å². The van der Waals surface area contributed by atoms with E-state index in [9.17, 15) is 0 Å². The minimum Gasteiger partial charge on any atom is -0.331 e. The van der Waals surface area contributed by atoms with Crippen molar-refractivity contribution in [3.63, 3.8) is 0 Å². The van der Waals surface area contributed by atoms with Gasteiger partial charge in [0.05, 0.1) is 16.7 Å². The van der Waals surface area contributed by atoms with Crippen molar-refractivity contribution < 1.29 is 4.39 Å². The number of aryl methyl sites for hydroxylation is 4. The predicted molar refractivity (Wildman–Crippen MR) is 107 cm³/mol. The van der Waals surface area contributed by atoms with Gasteiger partial charge < -0.3 is 4.57 Å². The van der Waals surface area contributed by atoms with Crippen molar-refractivity contribution in [1.29, 1.82) is 0 Å². The van der Waals surface area contributed by atoms with Crippen LogP contribution in [0.3, 0.4) is 0 Å². The topological polar surface area (TPSA) is 74.3 Å². The van der Waals surface area contributed by atoms with E-state index in [1.807, 2.05) is 45.2 Å². The number of imidazole rings is 1. The molecule has 0 amide bonds. The van der Waals surface area contributed by atoms with Gasteiger partial charge in [-0.05, 0) is 45.7 Å². The summed E-state index contributed by atoms with van der Waals surface area (Å²) < 4.78 is 19.5. The Morgan fingerprint density at radius 1 is 1.00 bits per heavy atom. The molecule has 4 aromatic rings. The van der Waals surface area contributed by atoms with Crippen LogP contribution in [0, 0.1) is 20.8 Å². The fraction of sp³-hybridized carbons (Fsp3) is 0.381. The standard InChI is InChI=1S/C21H22FN7/c1-12-24-18(9-19(25-12)29-14(3)23-13(2)27-29)21(22)10-15(11-21)20-26-16-7-5-6-8-17(16)28(20)4/h5-9,15H,10-11H2,1-4H3. The summed E-state index contributed by atoms with van der Waals surface area (Å²) in [6.45, 7) is 5.45. The smallest absolute Gasteiger partial charge is 0.159 e. The fourth-order valence-corrected chi connectivity index (χ4v) is 4.27. The van der Waals surface area contributed by atoms with Crippen molar-refractivity contribution in [3.8, 4) is 5.82 Å². The Morgan fingerprint density at radius 2 is 1.76 bits per heavy atom. The molecular formula is C21H22FN7. The van der Waals surface area contributed by atoms with E-state index < -0.39 is 5.67 Å². The number of alkyl halides is 1. The highest BCUT2D eigenvalue weighted by atomic mass is 19.1. The summed E-state index contributed by atoms with van der Waals surface area (Å²) in [6.07, 6.45) is 0.713. The lowest BCUT2D eigenvalue weighted by Crippen LogP contribution is -2.38. The van der Waals surface area contributed by atoms with Crippen molar-refractivity contribution in [3.05, 3.63) is 59.3 Å². The van der Waals surface area contributed by atoms with Crippen LogP contribution in [-0.4, -0.2) is 34.3 Å². The summed E-state index contributed by atoms with van der Waals surface area (Å²) in [4.78, 5) is 17.9. The quantitative estimate of drug-likeness (QED) is 0.533. The molecule has 5 rings (SSSR count). The summed E-state index contributed by atoms with van der Waals surface area (Å²) in [5.74, 6) is 3.42. The number of aromatic nitrogens is 7. The van der Waals surface area contributed by atoms with Crippen molar-refractivity contribution in [2.45, 2.75) is 45.2 Å². The van der Waals surface area contributed by atoms with Crippen molar-refractivity contribution >= 4 is 11.0 Å². The second-order valence-corrected chi connectivity index (χ2v) is 7.86. The summed E-state index contributed by atoms with van der Waals surface area (Å²) in [5.41, 5.74) is 0.923. The molecule has 0 aliphatic heterocycles. The summed E-state index contributed by atoms with van der Waals surface area (Å²) in [6, 6.07) is 9.68. The van der Waals surface area contributed by atoms with Gasteiger partial charge in [0.25, 0.3) is 0 Å². The largest absolute Gasteiger partial charge is 0.331 e. The lowest BCUT2D eigenvalue weighted by atomic mass is 9.70. The number of fused-ring (bicyclic) bond motifs is 1. The normalized spacial score (nSPS) is 21.5. The van der Waals surface area contributed by atoms with Crippen molar-refractivity contribution in [2.75, 3.05) is 0 Å². The molecule has 1 saturated carbocycles. The summed E-state index contributed by atoms with van der Waals surface area (Å²) in [5, 5.41) is 4.37. The first-order valence-corrected chi connectivity index (χ1v) is 9.71. The molecule has 8 heteroatoms. The molecular weight excluding hydrogens is 369 g/mol. The number of hydrogen-bond donors (Lipinski definition) is 0. The Hall–Kier alpha value is -3.16. The van der Waals surface area contributed by atoms with Crippen LogP contribution in [0.25, 0.3) is 16.9 Å². The van der Waals surface area contributed by atoms with Crippen LogP contribution >= 0.6 is 0 Å². The van der Waals surface area contributed by atoms with E-state index in [2.05, 4.69) is 24.6 Å². The second-order valence-electron chi connectivity index (χ2n) is 7.86. The maximum atomic E-state index is 15.8. The van der Waals surface area contributed by atoms with Crippen LogP contribution in [0.15, 0.2) is 30.3 Å². The molecule has 29 heavy (non-hydrogen) atoms. The first kappa shape index (κ1) is 17.9. The Balaban J connectivity index is 1.46. The third kappa shape index (κ3) is 2.82. The minimum atomic E-state index is -1.49. The van der Waals surface area contributed by atoms with E-state index in [0.29, 0.717) is 41.8 Å². The molecule has 7 nitrogen and oxygen atoms in total. The van der Waals surface area contributed by atoms with Crippen molar-refractivity contribution in [2.24, 2.45) is 7.05 Å². The van der Waals surface area contributed by atoms with Gasteiger partial charge in [0.1, 0.15) is 23.3 Å². The second kappa shape index (κ2) is 6.17. The third-order valence-electron chi connectivity index (χ3n) is 5.70. The molecule has 0 radical (unpaired) electrons. The maximum Gasteiger partial charge on any atom is 0.159 e. The zero-order valence-electron chi connectivity index (χ0n) is 16.9. The van der Waals surface area contributed by atoms with Gasteiger partial charge in [0.2, 0.25) is 0 Å². The highest BCUT2D eigenvalue weighted by Gasteiger charge is 2.50. The summed E-state index contributed by atoms with van der Waals surface area (Å²) in [7, 11) is 1.99. The molecule has 0 saturated heterocycles. The number of rotatable bonds is 3. The zero-order valence-corrected chi connectivity index (χ0v) is 16.9. The van der Waals surface area contributed by atoms with Crippen LogP contribution in [0.1, 0.15) is 47.8 Å². The average molecular weight is 391 g/mol. The van der Waals surface area contributed by atoms with E-state index in [1.165, 1.54) is 0 Å². The van der Waals surface area contributed by atoms with Crippen LogP contribution in [0.5, 0.6) is 0 Å². The number of hydrogen-bond acceptors (Lipinski definition) is 5. The maximum absolute atomic E-state index is 15.8. The predicted octanol–water partition coefficient (Wildman–Crippen LogP) is 3.61. The van der Waals surface area contributed by atoms with E-state index >= 15 is 4.39 Å². The highest BCUT2D eigenvalue weighted by Crippen LogP contribution is 2.53. The lowest BCUT2D eigenvalue weighted by molar-refractivity contribution is 0.0288. The number of halogens is 1. The van der Waals surface area contributed by atoms with Crippen molar-refractivity contribution in [1.82, 2.24) is 34.3 Å². The average Bonchev–Trinajstić information content (AvgIpc) is 3.17. The van der Waals surface area contributed by atoms with Gasteiger partial charge in [-0.2, -0.15) is 4.68 Å². The monoisotopic (exact) mass is 391 g/mol.